The fourth-order valence-corrected chi connectivity index (χ4v) is 3.90. The molecule has 0 aliphatic carbocycles. The Hall–Kier alpha value is -1.36. The summed E-state index contributed by atoms with van der Waals surface area (Å²) >= 11 is 6.98. The average molecular weight is 315 g/mol. The number of hydrogen-bond donors (Lipinski definition) is 1. The van der Waals surface area contributed by atoms with Gasteiger partial charge in [0.05, 0.1) is 5.75 Å². The average Bonchev–Trinajstić information content (AvgIpc) is 2.80. The second-order valence-corrected chi connectivity index (χ2v) is 6.92. The van der Waals surface area contributed by atoms with Crippen molar-refractivity contribution in [3.05, 3.63) is 71.3 Å². The van der Waals surface area contributed by atoms with Gasteiger partial charge in [0.1, 0.15) is 4.32 Å². The van der Waals surface area contributed by atoms with Crippen LogP contribution in [0.4, 0.5) is 0 Å². The molecule has 1 fully saturated rings. The van der Waals surface area contributed by atoms with Crippen LogP contribution in [0.2, 0.25) is 0 Å². The molecule has 0 radical (unpaired) electrons. The van der Waals surface area contributed by atoms with Gasteiger partial charge >= 0.3 is 0 Å². The summed E-state index contributed by atoms with van der Waals surface area (Å²) < 4.78 is 0.752. The van der Waals surface area contributed by atoms with Crippen molar-refractivity contribution in [2.24, 2.45) is 0 Å². The Balaban J connectivity index is 1.91. The summed E-state index contributed by atoms with van der Waals surface area (Å²) in [7, 11) is 0. The normalized spacial score (nSPS) is 21.8. The number of aliphatic hydroxyl groups is 1. The Morgan fingerprint density at radius 1 is 1.14 bits per heavy atom. The first-order valence-electron chi connectivity index (χ1n) is 6.87. The highest BCUT2D eigenvalue weighted by Gasteiger charge is 2.43. The summed E-state index contributed by atoms with van der Waals surface area (Å²) in [5.74, 6) is 0.571. The SMILES string of the molecule is Cc1ccc(CN2C(=S)SCC2(O)c2ccccc2)cc1. The Bertz CT molecular complexity index is 642. The fraction of sp³-hybridized carbons (Fsp3) is 0.235. The number of benzene rings is 2. The van der Waals surface area contributed by atoms with Crippen molar-refractivity contribution < 1.29 is 5.11 Å². The van der Waals surface area contributed by atoms with Gasteiger partial charge in [0.15, 0.2) is 5.72 Å². The molecule has 108 valence electrons. The minimum Gasteiger partial charge on any atom is -0.366 e. The van der Waals surface area contributed by atoms with Crippen molar-refractivity contribution in [3.63, 3.8) is 0 Å². The van der Waals surface area contributed by atoms with Crippen LogP contribution < -0.4 is 0 Å². The quantitative estimate of drug-likeness (QED) is 0.873. The van der Waals surface area contributed by atoms with Crippen LogP contribution in [0, 0.1) is 6.92 Å². The van der Waals surface area contributed by atoms with E-state index in [0.29, 0.717) is 12.3 Å². The predicted molar refractivity (Wildman–Crippen MR) is 92.1 cm³/mol. The molecule has 0 saturated carbocycles. The summed E-state index contributed by atoms with van der Waals surface area (Å²) in [5, 5.41) is 11.1. The van der Waals surface area contributed by atoms with Gasteiger partial charge in [-0.1, -0.05) is 84.1 Å². The number of thioether (sulfide) groups is 1. The zero-order valence-corrected chi connectivity index (χ0v) is 13.5. The number of aryl methyl sites for hydroxylation is 1. The van der Waals surface area contributed by atoms with Crippen molar-refractivity contribution in [1.82, 2.24) is 4.90 Å². The van der Waals surface area contributed by atoms with Crippen molar-refractivity contribution in [1.29, 1.82) is 0 Å². The standard InChI is InChI=1S/C17H17NOS2/c1-13-7-9-14(10-8-13)11-18-16(20)21-12-17(18,19)15-5-3-2-4-6-15/h2-10,19H,11-12H2,1H3. The van der Waals surface area contributed by atoms with Crippen LogP contribution >= 0.6 is 24.0 Å². The van der Waals surface area contributed by atoms with E-state index >= 15 is 0 Å². The van der Waals surface area contributed by atoms with Gasteiger partial charge in [0.2, 0.25) is 0 Å². The number of hydrogen-bond acceptors (Lipinski definition) is 3. The molecule has 0 spiro atoms. The molecule has 3 rings (SSSR count). The number of thiocarbonyl (C=S) groups is 1. The maximum Gasteiger partial charge on any atom is 0.175 e. The molecule has 0 amide bonds. The number of nitrogens with zero attached hydrogens (tertiary/aromatic N) is 1. The molecule has 1 heterocycles. The minimum atomic E-state index is -1.02. The van der Waals surface area contributed by atoms with Crippen molar-refractivity contribution >= 4 is 28.3 Å². The van der Waals surface area contributed by atoms with Crippen LogP contribution in [-0.4, -0.2) is 20.1 Å². The maximum absolute atomic E-state index is 11.1. The highest BCUT2D eigenvalue weighted by Crippen LogP contribution is 2.40. The smallest absolute Gasteiger partial charge is 0.175 e. The van der Waals surface area contributed by atoms with E-state index in [0.717, 1.165) is 15.4 Å². The Morgan fingerprint density at radius 3 is 2.48 bits per heavy atom. The monoisotopic (exact) mass is 315 g/mol. The van der Waals surface area contributed by atoms with Crippen LogP contribution in [0.1, 0.15) is 16.7 Å². The molecule has 1 N–H and O–H groups in total. The van der Waals surface area contributed by atoms with Gasteiger partial charge in [0.25, 0.3) is 0 Å². The molecule has 2 nitrogen and oxygen atoms in total. The Morgan fingerprint density at radius 2 is 1.81 bits per heavy atom. The Kier molecular flexibility index (Phi) is 4.02. The van der Waals surface area contributed by atoms with E-state index in [1.54, 1.807) is 0 Å². The van der Waals surface area contributed by atoms with E-state index in [4.69, 9.17) is 12.2 Å². The van der Waals surface area contributed by atoms with Crippen LogP contribution in [0.15, 0.2) is 54.6 Å². The van der Waals surface area contributed by atoms with Gasteiger partial charge in [-0.3, -0.25) is 0 Å². The molecule has 1 saturated heterocycles. The van der Waals surface area contributed by atoms with Gasteiger partial charge in [0, 0.05) is 12.1 Å². The maximum atomic E-state index is 11.1. The molecule has 1 unspecified atom stereocenters. The summed E-state index contributed by atoms with van der Waals surface area (Å²) in [6.07, 6.45) is 0. The fourth-order valence-electron chi connectivity index (χ4n) is 2.48. The molecule has 1 atom stereocenters. The molecule has 2 aromatic carbocycles. The highest BCUT2D eigenvalue weighted by molar-refractivity contribution is 8.23. The van der Waals surface area contributed by atoms with E-state index < -0.39 is 5.72 Å². The van der Waals surface area contributed by atoms with Gasteiger partial charge in [-0.15, -0.1) is 0 Å². The lowest BCUT2D eigenvalue weighted by Gasteiger charge is -2.34. The van der Waals surface area contributed by atoms with Gasteiger partial charge < -0.3 is 10.0 Å². The highest BCUT2D eigenvalue weighted by atomic mass is 32.2. The predicted octanol–water partition coefficient (Wildman–Crippen LogP) is 3.67. The summed E-state index contributed by atoms with van der Waals surface area (Å²) in [4.78, 5) is 1.92. The molecular weight excluding hydrogens is 298 g/mol. The second-order valence-electron chi connectivity index (χ2n) is 5.31. The lowest BCUT2D eigenvalue weighted by molar-refractivity contribution is -0.0508. The molecule has 0 bridgehead atoms. The third-order valence-electron chi connectivity index (χ3n) is 3.76. The van der Waals surface area contributed by atoms with Gasteiger partial charge in [-0.25, -0.2) is 0 Å². The van der Waals surface area contributed by atoms with E-state index in [1.165, 1.54) is 17.3 Å². The van der Waals surface area contributed by atoms with E-state index in [1.807, 2.05) is 35.2 Å². The van der Waals surface area contributed by atoms with Crippen LogP contribution in [0.5, 0.6) is 0 Å². The first-order chi connectivity index (χ1) is 10.1. The van der Waals surface area contributed by atoms with Crippen molar-refractivity contribution in [2.45, 2.75) is 19.2 Å². The summed E-state index contributed by atoms with van der Waals surface area (Å²) in [6.45, 7) is 2.69. The van der Waals surface area contributed by atoms with Crippen LogP contribution in [0.25, 0.3) is 0 Å². The molecule has 1 aliphatic rings. The molecule has 0 aromatic heterocycles. The molecule has 2 aromatic rings. The lowest BCUT2D eigenvalue weighted by atomic mass is 10.0. The van der Waals surface area contributed by atoms with E-state index in [9.17, 15) is 5.11 Å². The summed E-state index contributed by atoms with van der Waals surface area (Å²) in [5.41, 5.74) is 2.26. The molecule has 21 heavy (non-hydrogen) atoms. The zero-order valence-electron chi connectivity index (χ0n) is 11.8. The zero-order chi connectivity index (χ0) is 14.9. The number of rotatable bonds is 3. The molecule has 4 heteroatoms. The lowest BCUT2D eigenvalue weighted by Crippen LogP contribution is -2.43. The van der Waals surface area contributed by atoms with Gasteiger partial charge in [-0.05, 0) is 12.5 Å². The van der Waals surface area contributed by atoms with E-state index in [2.05, 4.69) is 31.2 Å². The summed E-state index contributed by atoms with van der Waals surface area (Å²) in [6, 6.07) is 18.1. The van der Waals surface area contributed by atoms with Crippen LogP contribution in [0.3, 0.4) is 0 Å². The third kappa shape index (κ3) is 2.84. The largest absolute Gasteiger partial charge is 0.366 e. The van der Waals surface area contributed by atoms with Gasteiger partial charge in [-0.2, -0.15) is 0 Å². The second kappa shape index (κ2) is 5.79. The van der Waals surface area contributed by atoms with Crippen LogP contribution in [-0.2, 0) is 12.3 Å². The topological polar surface area (TPSA) is 23.5 Å². The minimum absolute atomic E-state index is 0.571. The molecule has 1 aliphatic heterocycles. The molecular formula is C17H17NOS2. The Labute approximate surface area is 134 Å². The first-order valence-corrected chi connectivity index (χ1v) is 8.27. The van der Waals surface area contributed by atoms with E-state index in [-0.39, 0.29) is 0 Å². The van der Waals surface area contributed by atoms with Crippen molar-refractivity contribution in [2.75, 3.05) is 5.75 Å². The van der Waals surface area contributed by atoms with Crippen molar-refractivity contribution in [3.8, 4) is 0 Å². The third-order valence-corrected chi connectivity index (χ3v) is 5.35. The first kappa shape index (κ1) is 14.6.